The van der Waals surface area contributed by atoms with Crippen molar-refractivity contribution in [2.45, 2.75) is 25.8 Å². The van der Waals surface area contributed by atoms with Crippen LogP contribution in [0.4, 0.5) is 4.39 Å². The van der Waals surface area contributed by atoms with Crippen LogP contribution in [0.25, 0.3) is 0 Å². The van der Waals surface area contributed by atoms with Gasteiger partial charge >= 0.3 is 0 Å². The predicted molar refractivity (Wildman–Crippen MR) is 65.1 cm³/mol. The van der Waals surface area contributed by atoms with Gasteiger partial charge in [-0.1, -0.05) is 41.1 Å². The van der Waals surface area contributed by atoms with Gasteiger partial charge < -0.3 is 5.73 Å². The van der Waals surface area contributed by atoms with E-state index < -0.39 is 0 Å². The van der Waals surface area contributed by atoms with Gasteiger partial charge in [0.1, 0.15) is 5.82 Å². The number of hydrogen-bond donors (Lipinski definition) is 1. The van der Waals surface area contributed by atoms with Crippen LogP contribution in [0.2, 0.25) is 0 Å². The van der Waals surface area contributed by atoms with Crippen LogP contribution in [-0.2, 0) is 0 Å². The van der Waals surface area contributed by atoms with E-state index in [2.05, 4.69) is 29.4 Å². The highest BCUT2D eigenvalue weighted by molar-refractivity contribution is 9.10. The molecule has 1 unspecified atom stereocenters. The molecule has 0 radical (unpaired) electrons. The summed E-state index contributed by atoms with van der Waals surface area (Å²) in [5, 5.41) is 0. The molecule has 15 heavy (non-hydrogen) atoms. The molecular formula is C12H15BrFN. The molecule has 0 heterocycles. The zero-order valence-electron chi connectivity index (χ0n) is 8.76. The van der Waals surface area contributed by atoms with E-state index in [1.807, 2.05) is 0 Å². The second kappa shape index (κ2) is 5.42. The monoisotopic (exact) mass is 271 g/mol. The van der Waals surface area contributed by atoms with Gasteiger partial charge in [0.15, 0.2) is 0 Å². The molecule has 1 aromatic carbocycles. The van der Waals surface area contributed by atoms with Crippen molar-refractivity contribution in [1.82, 2.24) is 0 Å². The van der Waals surface area contributed by atoms with Crippen LogP contribution in [0.3, 0.4) is 0 Å². The Morgan fingerprint density at radius 2 is 2.27 bits per heavy atom. The number of hydrogen-bond acceptors (Lipinski definition) is 1. The topological polar surface area (TPSA) is 26.0 Å². The average Bonchev–Trinajstić information content (AvgIpc) is 2.17. The van der Waals surface area contributed by atoms with Crippen molar-refractivity contribution in [2.75, 3.05) is 0 Å². The van der Waals surface area contributed by atoms with E-state index in [1.165, 1.54) is 12.1 Å². The molecule has 82 valence electrons. The van der Waals surface area contributed by atoms with E-state index in [0.717, 1.165) is 28.5 Å². The number of benzene rings is 1. The van der Waals surface area contributed by atoms with Gasteiger partial charge in [-0.2, -0.15) is 0 Å². The molecule has 0 fully saturated rings. The molecule has 0 bridgehead atoms. The van der Waals surface area contributed by atoms with Crippen molar-refractivity contribution in [2.24, 2.45) is 5.73 Å². The Hall–Kier alpha value is -0.670. The second-order valence-corrected chi connectivity index (χ2v) is 4.43. The third-order valence-electron chi connectivity index (χ3n) is 2.37. The Labute approximate surface area is 98.3 Å². The molecule has 0 saturated heterocycles. The highest BCUT2D eigenvalue weighted by atomic mass is 79.9. The molecule has 1 aromatic rings. The molecule has 0 aliphatic heterocycles. The average molecular weight is 272 g/mol. The molecule has 3 heteroatoms. The smallest absolute Gasteiger partial charge is 0.124 e. The van der Waals surface area contributed by atoms with Crippen molar-refractivity contribution >= 4 is 15.9 Å². The van der Waals surface area contributed by atoms with Crippen LogP contribution in [0, 0.1) is 5.82 Å². The molecule has 0 aromatic heterocycles. The first-order valence-corrected chi connectivity index (χ1v) is 5.71. The zero-order chi connectivity index (χ0) is 11.4. The maximum atomic E-state index is 12.9. The Kier molecular flexibility index (Phi) is 4.48. The lowest BCUT2D eigenvalue weighted by molar-refractivity contribution is 0.622. The van der Waals surface area contributed by atoms with Gasteiger partial charge in [0.05, 0.1) is 0 Å². The summed E-state index contributed by atoms with van der Waals surface area (Å²) in [7, 11) is 0. The minimum atomic E-state index is -0.257. The standard InChI is InChI=1S/C12H15BrFN/c1-3-8(2)6-12(15)10-5-4-9(14)7-11(10)13/h4-5,7,12H,2-3,6,15H2,1H3. The maximum absolute atomic E-state index is 12.9. The third kappa shape index (κ3) is 3.43. The van der Waals surface area contributed by atoms with Crippen molar-refractivity contribution in [3.05, 3.63) is 46.2 Å². The van der Waals surface area contributed by atoms with E-state index in [4.69, 9.17) is 5.73 Å². The maximum Gasteiger partial charge on any atom is 0.124 e. The van der Waals surface area contributed by atoms with Gasteiger partial charge in [-0.25, -0.2) is 4.39 Å². The van der Waals surface area contributed by atoms with Crippen molar-refractivity contribution in [3.63, 3.8) is 0 Å². The summed E-state index contributed by atoms with van der Waals surface area (Å²) in [6, 6.07) is 4.46. The highest BCUT2D eigenvalue weighted by Gasteiger charge is 2.11. The van der Waals surface area contributed by atoms with Crippen LogP contribution in [0.15, 0.2) is 34.8 Å². The predicted octanol–water partition coefficient (Wildman–Crippen LogP) is 3.94. The quantitative estimate of drug-likeness (QED) is 0.825. The Morgan fingerprint density at radius 1 is 1.60 bits per heavy atom. The zero-order valence-corrected chi connectivity index (χ0v) is 10.3. The molecule has 0 aliphatic carbocycles. The lowest BCUT2D eigenvalue weighted by Gasteiger charge is -2.14. The summed E-state index contributed by atoms with van der Waals surface area (Å²) < 4.78 is 13.6. The number of nitrogens with two attached hydrogens (primary N) is 1. The largest absolute Gasteiger partial charge is 0.324 e. The minimum Gasteiger partial charge on any atom is -0.324 e. The third-order valence-corrected chi connectivity index (χ3v) is 3.06. The van der Waals surface area contributed by atoms with E-state index in [-0.39, 0.29) is 11.9 Å². The molecule has 1 nitrogen and oxygen atoms in total. The SMILES string of the molecule is C=C(CC)CC(N)c1ccc(F)cc1Br. The van der Waals surface area contributed by atoms with Gasteiger partial charge in [-0.15, -0.1) is 0 Å². The minimum absolute atomic E-state index is 0.118. The summed E-state index contributed by atoms with van der Waals surface area (Å²) in [5.41, 5.74) is 8.04. The van der Waals surface area contributed by atoms with Gasteiger partial charge in [-0.3, -0.25) is 0 Å². The molecule has 0 amide bonds. The van der Waals surface area contributed by atoms with Crippen molar-refractivity contribution in [1.29, 1.82) is 0 Å². The van der Waals surface area contributed by atoms with Crippen LogP contribution in [-0.4, -0.2) is 0 Å². The van der Waals surface area contributed by atoms with Gasteiger partial charge in [-0.05, 0) is 30.5 Å². The van der Waals surface area contributed by atoms with Crippen LogP contribution in [0.1, 0.15) is 31.4 Å². The highest BCUT2D eigenvalue weighted by Crippen LogP contribution is 2.27. The fraction of sp³-hybridized carbons (Fsp3) is 0.333. The summed E-state index contributed by atoms with van der Waals surface area (Å²) in [4.78, 5) is 0. The van der Waals surface area contributed by atoms with E-state index in [1.54, 1.807) is 6.07 Å². The van der Waals surface area contributed by atoms with Gasteiger partial charge in [0, 0.05) is 10.5 Å². The Balaban J connectivity index is 2.82. The van der Waals surface area contributed by atoms with E-state index in [9.17, 15) is 4.39 Å². The molecule has 1 rings (SSSR count). The molecule has 0 saturated carbocycles. The molecule has 0 aliphatic rings. The van der Waals surface area contributed by atoms with Gasteiger partial charge in [0.25, 0.3) is 0 Å². The second-order valence-electron chi connectivity index (χ2n) is 3.58. The van der Waals surface area contributed by atoms with Crippen LogP contribution < -0.4 is 5.73 Å². The molecular weight excluding hydrogens is 257 g/mol. The molecule has 0 spiro atoms. The fourth-order valence-corrected chi connectivity index (χ4v) is 2.01. The normalized spacial score (nSPS) is 12.5. The first kappa shape index (κ1) is 12.4. The summed E-state index contributed by atoms with van der Waals surface area (Å²) >= 11 is 3.31. The molecule has 1 atom stereocenters. The summed E-state index contributed by atoms with van der Waals surface area (Å²) in [6.07, 6.45) is 1.66. The van der Waals surface area contributed by atoms with E-state index in [0.29, 0.717) is 0 Å². The van der Waals surface area contributed by atoms with Crippen molar-refractivity contribution < 1.29 is 4.39 Å². The van der Waals surface area contributed by atoms with Crippen LogP contribution in [0.5, 0.6) is 0 Å². The Morgan fingerprint density at radius 3 is 2.80 bits per heavy atom. The number of halogens is 2. The van der Waals surface area contributed by atoms with E-state index >= 15 is 0 Å². The first-order valence-electron chi connectivity index (χ1n) is 4.91. The molecule has 2 N–H and O–H groups in total. The first-order chi connectivity index (χ1) is 7.04. The Bertz CT molecular complexity index is 363. The summed E-state index contributed by atoms with van der Waals surface area (Å²) in [6.45, 7) is 5.97. The lowest BCUT2D eigenvalue weighted by atomic mass is 9.99. The number of rotatable bonds is 4. The van der Waals surface area contributed by atoms with Crippen LogP contribution >= 0.6 is 15.9 Å². The lowest BCUT2D eigenvalue weighted by Crippen LogP contribution is -2.11. The summed E-state index contributed by atoms with van der Waals surface area (Å²) in [5.74, 6) is -0.257. The van der Waals surface area contributed by atoms with Crippen molar-refractivity contribution in [3.8, 4) is 0 Å². The fourth-order valence-electron chi connectivity index (χ4n) is 1.37. The van der Waals surface area contributed by atoms with Gasteiger partial charge in [0.2, 0.25) is 0 Å².